The summed E-state index contributed by atoms with van der Waals surface area (Å²) in [6.07, 6.45) is 2.62. The summed E-state index contributed by atoms with van der Waals surface area (Å²) in [4.78, 5) is 17.1. The van der Waals surface area contributed by atoms with Crippen molar-refractivity contribution in [3.05, 3.63) is 72.1 Å². The lowest BCUT2D eigenvalue weighted by atomic mass is 10.1. The highest BCUT2D eigenvalue weighted by Crippen LogP contribution is 2.30. The van der Waals surface area contributed by atoms with E-state index >= 15 is 0 Å². The molecule has 7 nitrogen and oxygen atoms in total. The Labute approximate surface area is 173 Å². The molecule has 7 heteroatoms. The van der Waals surface area contributed by atoms with E-state index in [1.807, 2.05) is 37.3 Å². The summed E-state index contributed by atoms with van der Waals surface area (Å²) in [5.74, 6) is 1.40. The van der Waals surface area contributed by atoms with Crippen LogP contribution in [-0.2, 0) is 6.42 Å². The summed E-state index contributed by atoms with van der Waals surface area (Å²) in [6, 6.07) is 16.9. The standard InChI is InChI=1S/C23H20N4O3/c1-2-29-18-6-4-17(5-7-18)25-23(28)19-14-22-24-11-9-20(27(22)26-19)15-3-8-21-16(13-15)10-12-30-21/h3-9,11,13-14H,2,10,12H2,1H3,(H,25,28). The van der Waals surface area contributed by atoms with E-state index in [-0.39, 0.29) is 5.91 Å². The average molecular weight is 400 g/mol. The van der Waals surface area contributed by atoms with E-state index in [9.17, 15) is 4.79 Å². The van der Waals surface area contributed by atoms with Crippen LogP contribution in [0.2, 0.25) is 0 Å². The molecule has 30 heavy (non-hydrogen) atoms. The summed E-state index contributed by atoms with van der Waals surface area (Å²) >= 11 is 0. The number of fused-ring (bicyclic) bond motifs is 2. The molecule has 4 aromatic rings. The molecule has 1 amide bonds. The van der Waals surface area contributed by atoms with Gasteiger partial charge in [0, 0.05) is 29.9 Å². The molecule has 1 aliphatic rings. The quantitative estimate of drug-likeness (QED) is 0.548. The predicted molar refractivity (Wildman–Crippen MR) is 113 cm³/mol. The van der Waals surface area contributed by atoms with Gasteiger partial charge in [-0.1, -0.05) is 0 Å². The van der Waals surface area contributed by atoms with Gasteiger partial charge < -0.3 is 14.8 Å². The fourth-order valence-corrected chi connectivity index (χ4v) is 3.57. The third kappa shape index (κ3) is 3.34. The lowest BCUT2D eigenvalue weighted by molar-refractivity contribution is 0.102. The maximum Gasteiger partial charge on any atom is 0.276 e. The Hall–Kier alpha value is -3.87. The van der Waals surface area contributed by atoms with Gasteiger partial charge in [0.2, 0.25) is 0 Å². The third-order valence-corrected chi connectivity index (χ3v) is 5.00. The second-order valence-electron chi connectivity index (χ2n) is 6.96. The molecule has 0 unspecified atom stereocenters. The van der Waals surface area contributed by atoms with Gasteiger partial charge in [-0.3, -0.25) is 4.79 Å². The van der Waals surface area contributed by atoms with E-state index in [1.165, 1.54) is 5.56 Å². The average Bonchev–Trinajstić information content (AvgIpc) is 3.41. The van der Waals surface area contributed by atoms with E-state index in [1.54, 1.807) is 28.9 Å². The Morgan fingerprint density at radius 3 is 2.87 bits per heavy atom. The van der Waals surface area contributed by atoms with Crippen LogP contribution in [-0.4, -0.2) is 33.7 Å². The minimum absolute atomic E-state index is 0.294. The molecule has 2 aromatic carbocycles. The number of amides is 1. The summed E-state index contributed by atoms with van der Waals surface area (Å²) in [6.45, 7) is 3.24. The number of ether oxygens (including phenoxy) is 2. The van der Waals surface area contributed by atoms with Crippen molar-refractivity contribution < 1.29 is 14.3 Å². The van der Waals surface area contributed by atoms with Crippen molar-refractivity contribution in [3.8, 4) is 22.8 Å². The lowest BCUT2D eigenvalue weighted by Crippen LogP contribution is -2.12. The van der Waals surface area contributed by atoms with Gasteiger partial charge in [-0.05, 0) is 61.0 Å². The van der Waals surface area contributed by atoms with Crippen LogP contribution in [0.3, 0.4) is 0 Å². The van der Waals surface area contributed by atoms with Crippen LogP contribution >= 0.6 is 0 Å². The van der Waals surface area contributed by atoms with Crippen LogP contribution < -0.4 is 14.8 Å². The van der Waals surface area contributed by atoms with Crippen LogP contribution in [0.4, 0.5) is 5.69 Å². The second kappa shape index (κ2) is 7.51. The maximum atomic E-state index is 12.7. The van der Waals surface area contributed by atoms with E-state index in [0.717, 1.165) is 29.2 Å². The number of hydrogen-bond donors (Lipinski definition) is 1. The van der Waals surface area contributed by atoms with Gasteiger partial charge in [0.1, 0.15) is 11.5 Å². The first-order valence-corrected chi connectivity index (χ1v) is 9.86. The molecule has 0 aliphatic carbocycles. The predicted octanol–water partition coefficient (Wildman–Crippen LogP) is 3.98. The topological polar surface area (TPSA) is 77.8 Å². The number of rotatable bonds is 5. The molecule has 5 rings (SSSR count). The fourth-order valence-electron chi connectivity index (χ4n) is 3.57. The Morgan fingerprint density at radius 2 is 2.03 bits per heavy atom. The van der Waals surface area contributed by atoms with Gasteiger partial charge in [0.05, 0.1) is 18.9 Å². The number of nitrogens with zero attached hydrogens (tertiary/aromatic N) is 3. The first-order chi connectivity index (χ1) is 14.7. The summed E-state index contributed by atoms with van der Waals surface area (Å²) in [7, 11) is 0. The largest absolute Gasteiger partial charge is 0.494 e. The van der Waals surface area contributed by atoms with Crippen molar-refractivity contribution in [1.82, 2.24) is 14.6 Å². The second-order valence-corrected chi connectivity index (χ2v) is 6.96. The van der Waals surface area contributed by atoms with Crippen LogP contribution in [0.15, 0.2) is 60.8 Å². The molecule has 3 heterocycles. The Kier molecular flexibility index (Phi) is 4.55. The molecular weight excluding hydrogens is 380 g/mol. The molecule has 1 aliphatic heterocycles. The van der Waals surface area contributed by atoms with E-state index in [4.69, 9.17) is 9.47 Å². The minimum Gasteiger partial charge on any atom is -0.494 e. The molecule has 0 bridgehead atoms. The zero-order valence-electron chi connectivity index (χ0n) is 16.5. The zero-order valence-corrected chi connectivity index (χ0v) is 16.5. The Morgan fingerprint density at radius 1 is 1.17 bits per heavy atom. The first-order valence-electron chi connectivity index (χ1n) is 9.86. The minimum atomic E-state index is -0.294. The summed E-state index contributed by atoms with van der Waals surface area (Å²) < 4.78 is 12.7. The maximum absolute atomic E-state index is 12.7. The SMILES string of the molecule is CCOc1ccc(NC(=O)c2cc3nccc(-c4ccc5c(c4)CCO5)n3n2)cc1. The molecule has 0 radical (unpaired) electrons. The molecule has 1 N–H and O–H groups in total. The number of nitrogens with one attached hydrogen (secondary N) is 1. The van der Waals surface area contributed by atoms with Gasteiger partial charge in [-0.25, -0.2) is 9.50 Å². The summed E-state index contributed by atoms with van der Waals surface area (Å²) in [5.41, 5.74) is 4.64. The molecule has 0 fully saturated rings. The first kappa shape index (κ1) is 18.2. The van der Waals surface area contributed by atoms with Crippen molar-refractivity contribution in [2.75, 3.05) is 18.5 Å². The zero-order chi connectivity index (χ0) is 20.5. The normalized spacial score (nSPS) is 12.4. The number of anilines is 1. The van der Waals surface area contributed by atoms with Crippen LogP contribution in [0.25, 0.3) is 16.9 Å². The highest BCUT2D eigenvalue weighted by Gasteiger charge is 2.17. The highest BCUT2D eigenvalue weighted by molar-refractivity contribution is 6.03. The monoisotopic (exact) mass is 400 g/mol. The third-order valence-electron chi connectivity index (χ3n) is 5.00. The molecule has 0 atom stereocenters. The van der Waals surface area contributed by atoms with Crippen molar-refractivity contribution in [2.45, 2.75) is 13.3 Å². The van der Waals surface area contributed by atoms with Crippen LogP contribution in [0, 0.1) is 0 Å². The van der Waals surface area contributed by atoms with Gasteiger partial charge in [-0.2, -0.15) is 5.10 Å². The van der Waals surface area contributed by atoms with Crippen LogP contribution in [0.1, 0.15) is 23.0 Å². The number of aromatic nitrogens is 3. The summed E-state index contributed by atoms with van der Waals surface area (Å²) in [5, 5.41) is 7.38. The number of carbonyl (C=O) groups is 1. The van der Waals surface area contributed by atoms with Gasteiger partial charge in [0.15, 0.2) is 11.3 Å². The Bertz CT molecular complexity index is 1230. The molecule has 0 saturated carbocycles. The molecule has 0 spiro atoms. The highest BCUT2D eigenvalue weighted by atomic mass is 16.5. The molecule has 2 aromatic heterocycles. The smallest absolute Gasteiger partial charge is 0.276 e. The van der Waals surface area contributed by atoms with E-state index in [0.29, 0.717) is 30.2 Å². The number of hydrogen-bond acceptors (Lipinski definition) is 5. The molecule has 0 saturated heterocycles. The number of benzene rings is 2. The van der Waals surface area contributed by atoms with Gasteiger partial charge >= 0.3 is 0 Å². The fraction of sp³-hybridized carbons (Fsp3) is 0.174. The molecular formula is C23H20N4O3. The molecule has 150 valence electrons. The van der Waals surface area contributed by atoms with E-state index in [2.05, 4.69) is 21.5 Å². The van der Waals surface area contributed by atoms with Crippen molar-refractivity contribution in [3.63, 3.8) is 0 Å². The van der Waals surface area contributed by atoms with E-state index < -0.39 is 0 Å². The van der Waals surface area contributed by atoms with Crippen molar-refractivity contribution in [1.29, 1.82) is 0 Å². The van der Waals surface area contributed by atoms with Gasteiger partial charge in [0.25, 0.3) is 5.91 Å². The Balaban J connectivity index is 1.43. The lowest BCUT2D eigenvalue weighted by Gasteiger charge is -2.07. The van der Waals surface area contributed by atoms with Crippen molar-refractivity contribution in [2.24, 2.45) is 0 Å². The van der Waals surface area contributed by atoms with Crippen LogP contribution in [0.5, 0.6) is 11.5 Å². The van der Waals surface area contributed by atoms with Crippen molar-refractivity contribution >= 4 is 17.2 Å². The van der Waals surface area contributed by atoms with Gasteiger partial charge in [-0.15, -0.1) is 0 Å². The number of carbonyl (C=O) groups excluding carboxylic acids is 1.